The Labute approximate surface area is 95.0 Å². The van der Waals surface area contributed by atoms with Crippen LogP contribution in [0.25, 0.3) is 11.3 Å². The predicted molar refractivity (Wildman–Crippen MR) is 59.2 cm³/mol. The summed E-state index contributed by atoms with van der Waals surface area (Å²) in [6.45, 7) is 0. The molecule has 0 spiro atoms. The molecule has 1 aromatic carbocycles. The van der Waals surface area contributed by atoms with Crippen molar-refractivity contribution in [2.24, 2.45) is 0 Å². The van der Waals surface area contributed by atoms with E-state index in [-0.39, 0.29) is 0 Å². The molecule has 0 atom stereocenters. The minimum atomic E-state index is 0.373. The molecule has 1 heterocycles. The summed E-state index contributed by atoms with van der Waals surface area (Å²) in [6.07, 6.45) is 0. The molecule has 1 aromatic heterocycles. The quantitative estimate of drug-likeness (QED) is 0.776. The standard InChI is InChI=1S/C10H7BrClNO/c11-8-3-1-2-7(4-8)10-5-9(6-12)13-14-10/h1-5H,6H2. The number of benzene rings is 1. The predicted octanol–water partition coefficient (Wildman–Crippen LogP) is 3.84. The lowest BCUT2D eigenvalue weighted by molar-refractivity contribution is 0.426. The van der Waals surface area contributed by atoms with Gasteiger partial charge in [0.05, 0.1) is 11.6 Å². The fraction of sp³-hybridized carbons (Fsp3) is 0.100. The van der Waals surface area contributed by atoms with E-state index >= 15 is 0 Å². The highest BCUT2D eigenvalue weighted by Gasteiger charge is 2.05. The zero-order valence-electron chi connectivity index (χ0n) is 7.21. The summed E-state index contributed by atoms with van der Waals surface area (Å²) >= 11 is 9.02. The average molecular weight is 273 g/mol. The Kier molecular flexibility index (Phi) is 2.89. The second-order valence-electron chi connectivity index (χ2n) is 2.83. The Morgan fingerprint density at radius 1 is 1.36 bits per heavy atom. The molecule has 2 rings (SSSR count). The largest absolute Gasteiger partial charge is 0.356 e. The summed E-state index contributed by atoms with van der Waals surface area (Å²) in [5.74, 6) is 1.11. The molecule has 0 saturated heterocycles. The third kappa shape index (κ3) is 1.99. The first-order valence-corrected chi connectivity index (χ1v) is 5.40. The maximum absolute atomic E-state index is 5.63. The molecule has 0 bridgehead atoms. The van der Waals surface area contributed by atoms with Crippen LogP contribution in [-0.4, -0.2) is 5.16 Å². The van der Waals surface area contributed by atoms with Gasteiger partial charge in [0.25, 0.3) is 0 Å². The summed E-state index contributed by atoms with van der Waals surface area (Å²) in [6, 6.07) is 9.68. The fourth-order valence-electron chi connectivity index (χ4n) is 1.15. The third-order valence-corrected chi connectivity index (χ3v) is 2.57. The van der Waals surface area contributed by atoms with Crippen molar-refractivity contribution in [3.8, 4) is 11.3 Å². The Morgan fingerprint density at radius 2 is 2.21 bits per heavy atom. The van der Waals surface area contributed by atoms with Crippen molar-refractivity contribution in [2.75, 3.05) is 0 Å². The number of rotatable bonds is 2. The van der Waals surface area contributed by atoms with Gasteiger partial charge >= 0.3 is 0 Å². The summed E-state index contributed by atoms with van der Waals surface area (Å²) in [5, 5.41) is 3.82. The van der Waals surface area contributed by atoms with Crippen LogP contribution in [0.5, 0.6) is 0 Å². The molecule has 0 saturated carbocycles. The molecule has 2 aromatic rings. The number of hydrogen-bond donors (Lipinski definition) is 0. The van der Waals surface area contributed by atoms with Gasteiger partial charge < -0.3 is 4.52 Å². The van der Waals surface area contributed by atoms with Crippen molar-refractivity contribution in [2.45, 2.75) is 5.88 Å². The van der Waals surface area contributed by atoms with Gasteiger partial charge in [-0.2, -0.15) is 0 Å². The van der Waals surface area contributed by atoms with Gasteiger partial charge in [0, 0.05) is 16.1 Å². The Balaban J connectivity index is 2.39. The minimum Gasteiger partial charge on any atom is -0.356 e. The molecule has 0 aliphatic heterocycles. The van der Waals surface area contributed by atoms with Gasteiger partial charge in [0.2, 0.25) is 0 Å². The Hall–Kier alpha value is -0.800. The van der Waals surface area contributed by atoms with Crippen LogP contribution in [0.4, 0.5) is 0 Å². The van der Waals surface area contributed by atoms with Crippen LogP contribution in [-0.2, 0) is 5.88 Å². The molecule has 72 valence electrons. The lowest BCUT2D eigenvalue weighted by atomic mass is 10.2. The number of nitrogens with zero attached hydrogens (tertiary/aromatic N) is 1. The van der Waals surface area contributed by atoms with Crippen molar-refractivity contribution < 1.29 is 4.52 Å². The van der Waals surface area contributed by atoms with Gasteiger partial charge in [-0.1, -0.05) is 33.2 Å². The Bertz CT molecular complexity index is 441. The van der Waals surface area contributed by atoms with E-state index < -0.39 is 0 Å². The summed E-state index contributed by atoms with van der Waals surface area (Å²) in [4.78, 5) is 0. The minimum absolute atomic E-state index is 0.373. The van der Waals surface area contributed by atoms with Gasteiger partial charge in [-0.15, -0.1) is 11.6 Å². The first-order valence-electron chi connectivity index (χ1n) is 4.07. The van der Waals surface area contributed by atoms with Crippen LogP contribution < -0.4 is 0 Å². The normalized spacial score (nSPS) is 10.4. The lowest BCUT2D eigenvalue weighted by Crippen LogP contribution is -1.73. The summed E-state index contributed by atoms with van der Waals surface area (Å²) in [5.41, 5.74) is 1.74. The maximum atomic E-state index is 5.63. The van der Waals surface area contributed by atoms with E-state index in [2.05, 4.69) is 21.1 Å². The van der Waals surface area contributed by atoms with Crippen LogP contribution in [0.2, 0.25) is 0 Å². The monoisotopic (exact) mass is 271 g/mol. The van der Waals surface area contributed by atoms with Crippen LogP contribution in [0.3, 0.4) is 0 Å². The van der Waals surface area contributed by atoms with Crippen LogP contribution in [0, 0.1) is 0 Å². The van der Waals surface area contributed by atoms with Gasteiger partial charge in [0.1, 0.15) is 0 Å². The van der Waals surface area contributed by atoms with E-state index in [9.17, 15) is 0 Å². The molecule has 0 radical (unpaired) electrons. The van der Waals surface area contributed by atoms with Crippen molar-refractivity contribution in [3.63, 3.8) is 0 Å². The van der Waals surface area contributed by atoms with Crippen LogP contribution in [0.15, 0.2) is 39.3 Å². The molecule has 0 N–H and O–H groups in total. The van der Waals surface area contributed by atoms with Crippen molar-refractivity contribution in [3.05, 3.63) is 40.5 Å². The SMILES string of the molecule is ClCc1cc(-c2cccc(Br)c2)on1. The van der Waals surface area contributed by atoms with E-state index in [4.69, 9.17) is 16.1 Å². The third-order valence-electron chi connectivity index (χ3n) is 1.81. The molecule has 0 aliphatic carbocycles. The lowest BCUT2D eigenvalue weighted by Gasteiger charge is -1.94. The van der Waals surface area contributed by atoms with Crippen molar-refractivity contribution >= 4 is 27.5 Å². The highest BCUT2D eigenvalue weighted by atomic mass is 79.9. The van der Waals surface area contributed by atoms with E-state index in [0.717, 1.165) is 21.5 Å². The van der Waals surface area contributed by atoms with E-state index in [1.165, 1.54) is 0 Å². The number of halogens is 2. The first-order chi connectivity index (χ1) is 6.79. The van der Waals surface area contributed by atoms with E-state index in [1.54, 1.807) is 0 Å². The topological polar surface area (TPSA) is 26.0 Å². The molecule has 14 heavy (non-hydrogen) atoms. The molecule has 0 unspecified atom stereocenters. The second kappa shape index (κ2) is 4.15. The molecule has 2 nitrogen and oxygen atoms in total. The van der Waals surface area contributed by atoms with Crippen molar-refractivity contribution in [1.29, 1.82) is 0 Å². The van der Waals surface area contributed by atoms with Gasteiger partial charge in [0.15, 0.2) is 5.76 Å². The van der Waals surface area contributed by atoms with E-state index in [0.29, 0.717) is 5.88 Å². The second-order valence-corrected chi connectivity index (χ2v) is 4.01. The highest BCUT2D eigenvalue weighted by molar-refractivity contribution is 9.10. The number of hydrogen-bond acceptors (Lipinski definition) is 2. The summed E-state index contributed by atoms with van der Waals surface area (Å²) in [7, 11) is 0. The smallest absolute Gasteiger partial charge is 0.167 e. The van der Waals surface area contributed by atoms with Crippen LogP contribution >= 0.6 is 27.5 Å². The van der Waals surface area contributed by atoms with Gasteiger partial charge in [-0.25, -0.2) is 0 Å². The maximum Gasteiger partial charge on any atom is 0.167 e. The number of alkyl halides is 1. The van der Waals surface area contributed by atoms with Crippen molar-refractivity contribution in [1.82, 2.24) is 5.16 Å². The molecule has 0 aliphatic rings. The van der Waals surface area contributed by atoms with E-state index in [1.807, 2.05) is 30.3 Å². The highest BCUT2D eigenvalue weighted by Crippen LogP contribution is 2.23. The van der Waals surface area contributed by atoms with Crippen LogP contribution in [0.1, 0.15) is 5.69 Å². The fourth-order valence-corrected chi connectivity index (χ4v) is 1.68. The molecule has 4 heteroatoms. The molecule has 0 amide bonds. The number of aromatic nitrogens is 1. The summed E-state index contributed by atoms with van der Waals surface area (Å²) < 4.78 is 6.15. The Morgan fingerprint density at radius 3 is 2.86 bits per heavy atom. The zero-order chi connectivity index (χ0) is 9.97. The van der Waals surface area contributed by atoms with Gasteiger partial charge in [-0.05, 0) is 12.1 Å². The van der Waals surface area contributed by atoms with Gasteiger partial charge in [-0.3, -0.25) is 0 Å². The zero-order valence-corrected chi connectivity index (χ0v) is 9.55. The molecular weight excluding hydrogens is 265 g/mol. The molecular formula is C10H7BrClNO. The molecule has 0 fully saturated rings. The first kappa shape index (κ1) is 9.74. The average Bonchev–Trinajstić information content (AvgIpc) is 2.66.